The maximum atomic E-state index is 9.15. The highest BCUT2D eigenvalue weighted by Crippen LogP contribution is 2.17. The van der Waals surface area contributed by atoms with E-state index in [1.807, 2.05) is 12.1 Å². The normalized spacial score (nSPS) is 10.6. The molecule has 0 amide bonds. The molecule has 0 atom stereocenters. The Morgan fingerprint density at radius 2 is 2.00 bits per heavy atom. The van der Waals surface area contributed by atoms with E-state index in [4.69, 9.17) is 22.4 Å². The van der Waals surface area contributed by atoms with Crippen LogP contribution in [0, 0.1) is 0 Å². The molecule has 0 aliphatic rings. The number of hydrogen-bond acceptors (Lipinski definition) is 3. The fraction of sp³-hybridized carbons (Fsp3) is 0.182. The number of benzene rings is 1. The minimum absolute atomic E-state index is 0.248. The Balaban J connectivity index is 2.20. The second-order valence-electron chi connectivity index (χ2n) is 3.49. The van der Waals surface area contributed by atoms with Crippen molar-refractivity contribution in [1.29, 1.82) is 0 Å². The third-order valence-electron chi connectivity index (χ3n) is 2.33. The second kappa shape index (κ2) is 4.55. The molecule has 5 heteroatoms. The van der Waals surface area contributed by atoms with Crippen LogP contribution in [0.4, 0.5) is 0 Å². The topological polar surface area (TPSA) is 64.1 Å². The standard InChI is InChI=1S/C11H12ClN3O/c12-11-9(5-13)6-14-15(11)7-8-1-3-10(16)4-2-8/h1-4,6,16H,5,7,13H2. The van der Waals surface area contributed by atoms with Gasteiger partial charge in [-0.15, -0.1) is 0 Å². The molecule has 0 bridgehead atoms. The van der Waals surface area contributed by atoms with Crippen molar-refractivity contribution >= 4 is 11.6 Å². The fourth-order valence-corrected chi connectivity index (χ4v) is 1.66. The SMILES string of the molecule is NCc1cnn(Cc2ccc(O)cc2)c1Cl. The number of halogens is 1. The van der Waals surface area contributed by atoms with E-state index in [1.54, 1.807) is 23.0 Å². The number of phenolic OH excluding ortho intramolecular Hbond substituents is 1. The van der Waals surface area contributed by atoms with Crippen LogP contribution in [-0.2, 0) is 13.1 Å². The van der Waals surface area contributed by atoms with Crippen LogP contribution >= 0.6 is 11.6 Å². The monoisotopic (exact) mass is 237 g/mol. The Hall–Kier alpha value is -1.52. The van der Waals surface area contributed by atoms with Gasteiger partial charge in [-0.1, -0.05) is 23.7 Å². The highest BCUT2D eigenvalue weighted by molar-refractivity contribution is 6.30. The summed E-state index contributed by atoms with van der Waals surface area (Å²) in [7, 11) is 0. The minimum atomic E-state index is 0.248. The van der Waals surface area contributed by atoms with Crippen molar-refractivity contribution in [3.8, 4) is 5.75 Å². The molecule has 0 aliphatic heterocycles. The number of hydrogen-bond donors (Lipinski definition) is 2. The quantitative estimate of drug-likeness (QED) is 0.855. The molecule has 0 fully saturated rings. The van der Waals surface area contributed by atoms with Gasteiger partial charge in [0.05, 0.1) is 12.7 Å². The van der Waals surface area contributed by atoms with Gasteiger partial charge in [-0.3, -0.25) is 0 Å². The summed E-state index contributed by atoms with van der Waals surface area (Å²) >= 11 is 6.08. The molecule has 2 aromatic rings. The zero-order valence-corrected chi connectivity index (χ0v) is 9.35. The van der Waals surface area contributed by atoms with E-state index in [-0.39, 0.29) is 5.75 Å². The van der Waals surface area contributed by atoms with Gasteiger partial charge in [-0.25, -0.2) is 4.68 Å². The molecule has 16 heavy (non-hydrogen) atoms. The van der Waals surface area contributed by atoms with Crippen LogP contribution in [0.5, 0.6) is 5.75 Å². The van der Waals surface area contributed by atoms with E-state index in [1.165, 1.54) is 0 Å². The number of phenols is 1. The molecule has 4 nitrogen and oxygen atoms in total. The maximum absolute atomic E-state index is 9.15. The molecule has 0 spiro atoms. The summed E-state index contributed by atoms with van der Waals surface area (Å²) in [5, 5.41) is 13.9. The Bertz CT molecular complexity index is 478. The Labute approximate surface area is 98.3 Å². The van der Waals surface area contributed by atoms with E-state index in [0.29, 0.717) is 18.2 Å². The molecule has 84 valence electrons. The van der Waals surface area contributed by atoms with Crippen molar-refractivity contribution in [1.82, 2.24) is 9.78 Å². The number of aromatic hydroxyl groups is 1. The first-order valence-corrected chi connectivity index (χ1v) is 5.26. The zero-order valence-electron chi connectivity index (χ0n) is 8.60. The van der Waals surface area contributed by atoms with Gasteiger partial charge in [0.15, 0.2) is 0 Å². The first kappa shape index (κ1) is 11.0. The lowest BCUT2D eigenvalue weighted by Gasteiger charge is -2.04. The molecular formula is C11H12ClN3O. The molecule has 0 unspecified atom stereocenters. The van der Waals surface area contributed by atoms with Gasteiger partial charge in [0.25, 0.3) is 0 Å². The largest absolute Gasteiger partial charge is 0.508 e. The van der Waals surface area contributed by atoms with Gasteiger partial charge in [0.2, 0.25) is 0 Å². The summed E-state index contributed by atoms with van der Waals surface area (Å²) in [6.45, 7) is 0.952. The van der Waals surface area contributed by atoms with Crippen LogP contribution in [0.2, 0.25) is 5.15 Å². The zero-order chi connectivity index (χ0) is 11.5. The average molecular weight is 238 g/mol. The predicted octanol–water partition coefficient (Wildman–Crippen LogP) is 1.75. The van der Waals surface area contributed by atoms with E-state index >= 15 is 0 Å². The molecule has 3 N–H and O–H groups in total. The molecule has 1 aromatic heterocycles. The highest BCUT2D eigenvalue weighted by Gasteiger charge is 2.06. The van der Waals surface area contributed by atoms with Crippen LogP contribution in [-0.4, -0.2) is 14.9 Å². The maximum Gasteiger partial charge on any atom is 0.131 e. The first-order valence-electron chi connectivity index (χ1n) is 4.89. The van der Waals surface area contributed by atoms with Gasteiger partial charge >= 0.3 is 0 Å². The van der Waals surface area contributed by atoms with Crippen LogP contribution in [0.25, 0.3) is 0 Å². The van der Waals surface area contributed by atoms with E-state index in [0.717, 1.165) is 11.1 Å². The van der Waals surface area contributed by atoms with Crippen LogP contribution in [0.3, 0.4) is 0 Å². The van der Waals surface area contributed by atoms with Crippen molar-refractivity contribution in [3.63, 3.8) is 0 Å². The summed E-state index contributed by atoms with van der Waals surface area (Å²) in [6.07, 6.45) is 1.67. The van der Waals surface area contributed by atoms with Gasteiger partial charge < -0.3 is 10.8 Å². The summed E-state index contributed by atoms with van der Waals surface area (Å²) in [4.78, 5) is 0. The molecule has 1 aromatic carbocycles. The van der Waals surface area contributed by atoms with E-state index < -0.39 is 0 Å². The molecule has 0 radical (unpaired) electrons. The summed E-state index contributed by atoms with van der Waals surface area (Å²) < 4.78 is 1.68. The Morgan fingerprint density at radius 1 is 1.31 bits per heavy atom. The average Bonchev–Trinajstić information content (AvgIpc) is 2.63. The van der Waals surface area contributed by atoms with Gasteiger partial charge in [0, 0.05) is 12.1 Å². The third kappa shape index (κ3) is 2.18. The number of aromatic nitrogens is 2. The lowest BCUT2D eigenvalue weighted by Crippen LogP contribution is -2.02. The van der Waals surface area contributed by atoms with Crippen molar-refractivity contribution in [2.24, 2.45) is 5.73 Å². The molecule has 0 aliphatic carbocycles. The molecule has 0 saturated carbocycles. The third-order valence-corrected chi connectivity index (χ3v) is 2.77. The minimum Gasteiger partial charge on any atom is -0.508 e. The summed E-state index contributed by atoms with van der Waals surface area (Å²) in [6, 6.07) is 6.93. The molecule has 1 heterocycles. The molecule has 2 rings (SSSR count). The Kier molecular flexibility index (Phi) is 3.12. The van der Waals surface area contributed by atoms with Gasteiger partial charge in [0.1, 0.15) is 10.9 Å². The van der Waals surface area contributed by atoms with Crippen molar-refractivity contribution in [2.75, 3.05) is 0 Å². The lowest BCUT2D eigenvalue weighted by molar-refractivity contribution is 0.475. The van der Waals surface area contributed by atoms with E-state index in [9.17, 15) is 0 Å². The van der Waals surface area contributed by atoms with E-state index in [2.05, 4.69) is 5.10 Å². The highest BCUT2D eigenvalue weighted by atomic mass is 35.5. The number of nitrogens with two attached hydrogens (primary N) is 1. The van der Waals surface area contributed by atoms with Gasteiger partial charge in [-0.2, -0.15) is 5.10 Å². The fourth-order valence-electron chi connectivity index (χ4n) is 1.43. The van der Waals surface area contributed by atoms with Crippen molar-refractivity contribution < 1.29 is 5.11 Å². The molecule has 0 saturated heterocycles. The van der Waals surface area contributed by atoms with Crippen LogP contribution in [0.15, 0.2) is 30.5 Å². The first-order chi connectivity index (χ1) is 7.70. The summed E-state index contributed by atoms with van der Waals surface area (Å²) in [5.41, 5.74) is 7.36. The number of nitrogens with zero attached hydrogens (tertiary/aromatic N) is 2. The van der Waals surface area contributed by atoms with Crippen molar-refractivity contribution in [2.45, 2.75) is 13.1 Å². The smallest absolute Gasteiger partial charge is 0.131 e. The lowest BCUT2D eigenvalue weighted by atomic mass is 10.2. The second-order valence-corrected chi connectivity index (χ2v) is 3.85. The Morgan fingerprint density at radius 3 is 2.56 bits per heavy atom. The van der Waals surface area contributed by atoms with Crippen LogP contribution in [0.1, 0.15) is 11.1 Å². The molecular weight excluding hydrogens is 226 g/mol. The summed E-state index contributed by atoms with van der Waals surface area (Å²) in [5.74, 6) is 0.248. The predicted molar refractivity (Wildman–Crippen MR) is 62.3 cm³/mol. The van der Waals surface area contributed by atoms with Crippen LogP contribution < -0.4 is 5.73 Å². The van der Waals surface area contributed by atoms with Gasteiger partial charge in [-0.05, 0) is 17.7 Å². The van der Waals surface area contributed by atoms with Crippen molar-refractivity contribution in [3.05, 3.63) is 46.7 Å². The number of rotatable bonds is 3.